The summed E-state index contributed by atoms with van der Waals surface area (Å²) in [5.41, 5.74) is 0.718. The molecule has 0 aromatic carbocycles. The van der Waals surface area contributed by atoms with Crippen molar-refractivity contribution in [1.82, 2.24) is 9.78 Å². The Hall–Kier alpha value is -1.36. The van der Waals surface area contributed by atoms with E-state index in [1.807, 2.05) is 0 Å². The fourth-order valence-corrected chi connectivity index (χ4v) is 0.723. The first-order chi connectivity index (χ1) is 5.24. The molecule has 0 bridgehead atoms. The Morgan fingerprint density at radius 3 is 2.91 bits per heavy atom. The molecular weight excluding hydrogens is 148 g/mol. The van der Waals surface area contributed by atoms with Crippen LogP contribution in [0.4, 0.5) is 4.79 Å². The van der Waals surface area contributed by atoms with E-state index in [1.54, 1.807) is 0 Å². The third-order valence-electron chi connectivity index (χ3n) is 1.23. The van der Waals surface area contributed by atoms with Crippen molar-refractivity contribution in [3.63, 3.8) is 0 Å². The molecule has 1 rings (SSSR count). The molecule has 0 saturated heterocycles. The van der Waals surface area contributed by atoms with Crippen LogP contribution in [-0.2, 0) is 6.42 Å². The van der Waals surface area contributed by atoms with E-state index in [2.05, 4.69) is 5.10 Å². The minimum atomic E-state index is -1.12. The number of carbonyl (C=O) groups is 1. The molecule has 5 heteroatoms. The van der Waals surface area contributed by atoms with Crippen molar-refractivity contribution in [3.8, 4) is 0 Å². The van der Waals surface area contributed by atoms with E-state index in [-0.39, 0.29) is 6.61 Å². The van der Waals surface area contributed by atoms with E-state index < -0.39 is 6.09 Å². The van der Waals surface area contributed by atoms with Crippen LogP contribution in [0, 0.1) is 0 Å². The molecule has 5 nitrogen and oxygen atoms in total. The molecule has 0 atom stereocenters. The zero-order valence-electron chi connectivity index (χ0n) is 5.77. The number of hydrogen-bond acceptors (Lipinski definition) is 3. The fourth-order valence-electron chi connectivity index (χ4n) is 0.723. The van der Waals surface area contributed by atoms with Gasteiger partial charge in [-0.25, -0.2) is 4.79 Å². The average molecular weight is 156 g/mol. The number of aromatic nitrogens is 2. The molecule has 2 N–H and O–H groups in total. The van der Waals surface area contributed by atoms with Gasteiger partial charge in [0.25, 0.3) is 0 Å². The Balaban J connectivity index is 2.73. The molecule has 0 aliphatic rings. The standard InChI is InChI=1S/C6H8N2O3/c9-2-1-5-3-7-8(4-5)6(10)11/h3-4,9H,1-2H2,(H,10,11). The highest BCUT2D eigenvalue weighted by atomic mass is 16.4. The number of nitrogens with zero attached hydrogens (tertiary/aromatic N) is 2. The maximum atomic E-state index is 10.3. The first-order valence-corrected chi connectivity index (χ1v) is 3.11. The summed E-state index contributed by atoms with van der Waals surface area (Å²) in [6, 6.07) is 0. The topological polar surface area (TPSA) is 75.3 Å². The number of carboxylic acid groups (broad SMARTS) is 1. The Morgan fingerprint density at radius 1 is 1.73 bits per heavy atom. The number of aliphatic hydroxyl groups is 1. The lowest BCUT2D eigenvalue weighted by molar-refractivity contribution is 0.192. The molecule has 11 heavy (non-hydrogen) atoms. The molecule has 0 amide bonds. The van der Waals surface area contributed by atoms with Gasteiger partial charge in [-0.05, 0) is 12.0 Å². The van der Waals surface area contributed by atoms with Crippen LogP contribution in [0.1, 0.15) is 5.56 Å². The lowest BCUT2D eigenvalue weighted by atomic mass is 10.3. The van der Waals surface area contributed by atoms with Gasteiger partial charge in [0.15, 0.2) is 0 Å². The van der Waals surface area contributed by atoms with Crippen LogP contribution in [0.3, 0.4) is 0 Å². The Morgan fingerprint density at radius 2 is 2.45 bits per heavy atom. The van der Waals surface area contributed by atoms with Gasteiger partial charge < -0.3 is 10.2 Å². The van der Waals surface area contributed by atoms with Gasteiger partial charge in [0.1, 0.15) is 0 Å². The largest absolute Gasteiger partial charge is 0.463 e. The van der Waals surface area contributed by atoms with Gasteiger partial charge in [-0.15, -0.1) is 0 Å². The van der Waals surface area contributed by atoms with E-state index in [0.29, 0.717) is 6.42 Å². The van der Waals surface area contributed by atoms with Crippen LogP contribution in [0.5, 0.6) is 0 Å². The van der Waals surface area contributed by atoms with Crippen LogP contribution in [-0.4, -0.2) is 32.7 Å². The van der Waals surface area contributed by atoms with Crippen LogP contribution < -0.4 is 0 Å². The Bertz CT molecular complexity index is 256. The summed E-state index contributed by atoms with van der Waals surface area (Å²) in [6.45, 7) is 0.00527. The van der Waals surface area contributed by atoms with Gasteiger partial charge in [0, 0.05) is 12.8 Å². The molecule has 60 valence electrons. The van der Waals surface area contributed by atoms with E-state index >= 15 is 0 Å². The Kier molecular flexibility index (Phi) is 2.22. The summed E-state index contributed by atoms with van der Waals surface area (Å²) in [7, 11) is 0. The monoisotopic (exact) mass is 156 g/mol. The van der Waals surface area contributed by atoms with Crippen molar-refractivity contribution < 1.29 is 15.0 Å². The van der Waals surface area contributed by atoms with Gasteiger partial charge in [-0.2, -0.15) is 9.78 Å². The molecule has 1 aromatic rings. The smallest absolute Gasteiger partial charge is 0.432 e. The minimum Gasteiger partial charge on any atom is -0.463 e. The molecule has 1 heterocycles. The van der Waals surface area contributed by atoms with Crippen molar-refractivity contribution in [1.29, 1.82) is 0 Å². The normalized spacial score (nSPS) is 9.91. The summed E-state index contributed by atoms with van der Waals surface area (Å²) >= 11 is 0. The molecule has 0 aliphatic heterocycles. The second-order valence-electron chi connectivity index (χ2n) is 2.05. The lowest BCUT2D eigenvalue weighted by Gasteiger charge is -1.88. The van der Waals surface area contributed by atoms with E-state index in [1.165, 1.54) is 12.4 Å². The first-order valence-electron chi connectivity index (χ1n) is 3.11. The van der Waals surface area contributed by atoms with Gasteiger partial charge in [0.05, 0.1) is 6.20 Å². The van der Waals surface area contributed by atoms with Crippen molar-refractivity contribution >= 4 is 6.09 Å². The molecule has 0 fully saturated rings. The SMILES string of the molecule is O=C(O)n1cc(CCO)cn1. The third kappa shape index (κ3) is 1.78. The summed E-state index contributed by atoms with van der Waals surface area (Å²) in [4.78, 5) is 10.3. The molecule has 0 saturated carbocycles. The highest BCUT2D eigenvalue weighted by Crippen LogP contribution is 1.97. The van der Waals surface area contributed by atoms with Crippen LogP contribution in [0.15, 0.2) is 12.4 Å². The van der Waals surface area contributed by atoms with E-state index in [4.69, 9.17) is 10.2 Å². The minimum absolute atomic E-state index is 0.00527. The maximum absolute atomic E-state index is 10.3. The van der Waals surface area contributed by atoms with Crippen LogP contribution in [0.25, 0.3) is 0 Å². The second-order valence-corrected chi connectivity index (χ2v) is 2.05. The zero-order chi connectivity index (χ0) is 8.27. The third-order valence-corrected chi connectivity index (χ3v) is 1.23. The predicted molar refractivity (Wildman–Crippen MR) is 36.4 cm³/mol. The summed E-state index contributed by atoms with van der Waals surface area (Å²) in [5, 5.41) is 20.4. The summed E-state index contributed by atoms with van der Waals surface area (Å²) in [5.74, 6) is 0. The van der Waals surface area contributed by atoms with Crippen molar-refractivity contribution in [2.24, 2.45) is 0 Å². The number of aliphatic hydroxyl groups excluding tert-OH is 1. The second kappa shape index (κ2) is 3.16. The summed E-state index contributed by atoms with van der Waals surface area (Å²) in [6.07, 6.45) is 2.12. The lowest BCUT2D eigenvalue weighted by Crippen LogP contribution is -2.07. The summed E-state index contributed by atoms with van der Waals surface area (Å²) < 4.78 is 0.811. The highest BCUT2D eigenvalue weighted by molar-refractivity contribution is 5.66. The Labute approximate surface area is 62.9 Å². The molecule has 0 unspecified atom stereocenters. The number of hydrogen-bond donors (Lipinski definition) is 2. The highest BCUT2D eigenvalue weighted by Gasteiger charge is 2.02. The number of rotatable bonds is 2. The molecular formula is C6H8N2O3. The van der Waals surface area contributed by atoms with Crippen LogP contribution >= 0.6 is 0 Å². The average Bonchev–Trinajstić information content (AvgIpc) is 2.37. The van der Waals surface area contributed by atoms with Gasteiger partial charge in [0.2, 0.25) is 0 Å². The van der Waals surface area contributed by atoms with Crippen molar-refractivity contribution in [3.05, 3.63) is 18.0 Å². The predicted octanol–water partition coefficient (Wildman–Crippen LogP) is -0.0560. The van der Waals surface area contributed by atoms with E-state index in [9.17, 15) is 4.79 Å². The fraction of sp³-hybridized carbons (Fsp3) is 0.333. The quantitative estimate of drug-likeness (QED) is 0.629. The zero-order valence-corrected chi connectivity index (χ0v) is 5.77. The van der Waals surface area contributed by atoms with E-state index in [0.717, 1.165) is 10.2 Å². The molecule has 0 aliphatic carbocycles. The van der Waals surface area contributed by atoms with Crippen molar-refractivity contribution in [2.45, 2.75) is 6.42 Å². The molecule has 0 radical (unpaired) electrons. The van der Waals surface area contributed by atoms with Gasteiger partial charge >= 0.3 is 6.09 Å². The van der Waals surface area contributed by atoms with Crippen LogP contribution in [0.2, 0.25) is 0 Å². The molecule has 0 spiro atoms. The first kappa shape index (κ1) is 7.74. The van der Waals surface area contributed by atoms with Crippen molar-refractivity contribution in [2.75, 3.05) is 6.61 Å². The maximum Gasteiger partial charge on any atom is 0.432 e. The van der Waals surface area contributed by atoms with Gasteiger partial charge in [-0.3, -0.25) is 0 Å². The molecule has 1 aromatic heterocycles. The van der Waals surface area contributed by atoms with Gasteiger partial charge in [-0.1, -0.05) is 0 Å².